The number of benzene rings is 1. The lowest BCUT2D eigenvalue weighted by Crippen LogP contribution is -2.48. The largest absolute Gasteiger partial charge is 0.459 e. The molecule has 4 nitrogen and oxygen atoms in total. The molecule has 0 radical (unpaired) electrons. The molecule has 0 atom stereocenters. The van der Waals surface area contributed by atoms with Crippen molar-refractivity contribution in [3.8, 4) is 0 Å². The van der Waals surface area contributed by atoms with Crippen molar-refractivity contribution in [2.75, 3.05) is 24.5 Å². The summed E-state index contributed by atoms with van der Waals surface area (Å²) in [5, 5.41) is 0. The Morgan fingerprint density at radius 1 is 1.30 bits per heavy atom. The number of nitrogens with zero attached hydrogens (tertiary/aromatic N) is 2. The zero-order valence-corrected chi connectivity index (χ0v) is 16.5. The fourth-order valence-corrected chi connectivity index (χ4v) is 3.59. The highest BCUT2D eigenvalue weighted by Crippen LogP contribution is 2.28. The van der Waals surface area contributed by atoms with Crippen LogP contribution in [0.5, 0.6) is 0 Å². The van der Waals surface area contributed by atoms with E-state index in [2.05, 4.69) is 18.7 Å². The van der Waals surface area contributed by atoms with Gasteiger partial charge in [0.25, 0.3) is 5.91 Å². The van der Waals surface area contributed by atoms with E-state index in [1.54, 1.807) is 30.0 Å². The molecule has 1 amide bonds. The predicted octanol–water partition coefficient (Wildman–Crippen LogP) is 4.88. The number of piperidine rings is 1. The summed E-state index contributed by atoms with van der Waals surface area (Å²) in [5.74, 6) is 0.483. The molecular weight excluding hydrogens is 343 g/mol. The third kappa shape index (κ3) is 4.78. The molecule has 3 rings (SSSR count). The maximum absolute atomic E-state index is 14.2. The fourth-order valence-electron chi connectivity index (χ4n) is 3.59. The molecule has 0 bridgehead atoms. The average Bonchev–Trinajstić information content (AvgIpc) is 3.19. The van der Waals surface area contributed by atoms with E-state index in [1.807, 2.05) is 6.07 Å². The summed E-state index contributed by atoms with van der Waals surface area (Å²) in [4.78, 5) is 17.3. The second kappa shape index (κ2) is 8.70. The Balaban J connectivity index is 1.78. The maximum atomic E-state index is 14.2. The van der Waals surface area contributed by atoms with Gasteiger partial charge in [0.2, 0.25) is 0 Å². The van der Waals surface area contributed by atoms with Crippen LogP contribution in [0.1, 0.15) is 49.2 Å². The first-order chi connectivity index (χ1) is 13.0. The lowest BCUT2D eigenvalue weighted by molar-refractivity contribution is 0.0932. The standard InChI is InChI=1S/C22H29FN2O2/c1-16(2)8-11-24-12-9-18(10-13-24)25(22(26)21-5-4-14-27-21)19-7-6-17(3)20(23)15-19/h4-7,14-16,18H,8-13H2,1-3H3. The molecule has 1 saturated heterocycles. The highest BCUT2D eigenvalue weighted by Gasteiger charge is 2.31. The zero-order valence-electron chi connectivity index (χ0n) is 16.5. The molecule has 2 aromatic rings. The third-order valence-corrected chi connectivity index (χ3v) is 5.33. The van der Waals surface area contributed by atoms with Gasteiger partial charge in [-0.3, -0.25) is 4.79 Å². The van der Waals surface area contributed by atoms with Crippen molar-refractivity contribution in [2.24, 2.45) is 5.92 Å². The van der Waals surface area contributed by atoms with Crippen molar-refractivity contribution < 1.29 is 13.6 Å². The van der Waals surface area contributed by atoms with Gasteiger partial charge in [0, 0.05) is 24.8 Å². The molecule has 1 aliphatic heterocycles. The second-order valence-corrected chi connectivity index (χ2v) is 7.84. The van der Waals surface area contributed by atoms with Gasteiger partial charge >= 0.3 is 0 Å². The Morgan fingerprint density at radius 2 is 2.04 bits per heavy atom. The smallest absolute Gasteiger partial charge is 0.294 e. The number of anilines is 1. The molecule has 0 N–H and O–H groups in total. The maximum Gasteiger partial charge on any atom is 0.294 e. The Labute approximate surface area is 161 Å². The van der Waals surface area contributed by atoms with Crippen molar-refractivity contribution >= 4 is 11.6 Å². The quantitative estimate of drug-likeness (QED) is 0.725. The van der Waals surface area contributed by atoms with E-state index in [0.29, 0.717) is 22.9 Å². The van der Waals surface area contributed by atoms with Crippen LogP contribution in [0.15, 0.2) is 41.0 Å². The highest BCUT2D eigenvalue weighted by molar-refractivity contribution is 6.04. The first-order valence-electron chi connectivity index (χ1n) is 9.81. The Morgan fingerprint density at radius 3 is 2.63 bits per heavy atom. The minimum atomic E-state index is -0.292. The lowest BCUT2D eigenvalue weighted by Gasteiger charge is -2.38. The van der Waals surface area contributed by atoms with E-state index in [-0.39, 0.29) is 17.8 Å². The Kier molecular flexibility index (Phi) is 6.32. The molecule has 5 heteroatoms. The fraction of sp³-hybridized carbons (Fsp3) is 0.500. The second-order valence-electron chi connectivity index (χ2n) is 7.84. The third-order valence-electron chi connectivity index (χ3n) is 5.33. The number of hydrogen-bond acceptors (Lipinski definition) is 3. The SMILES string of the molecule is Cc1ccc(N(C(=O)c2ccco2)C2CCN(CCC(C)C)CC2)cc1F. The average molecular weight is 372 g/mol. The summed E-state index contributed by atoms with van der Waals surface area (Å²) < 4.78 is 19.5. The summed E-state index contributed by atoms with van der Waals surface area (Å²) in [6.07, 6.45) is 4.43. The van der Waals surface area contributed by atoms with Gasteiger partial charge in [0.05, 0.1) is 6.26 Å². The minimum Gasteiger partial charge on any atom is -0.459 e. The number of aryl methyl sites for hydroxylation is 1. The number of rotatable bonds is 6. The van der Waals surface area contributed by atoms with E-state index in [1.165, 1.54) is 18.8 Å². The van der Waals surface area contributed by atoms with E-state index in [4.69, 9.17) is 4.42 Å². The van der Waals surface area contributed by atoms with Gasteiger partial charge in [0.15, 0.2) is 5.76 Å². The van der Waals surface area contributed by atoms with Crippen molar-refractivity contribution in [2.45, 2.75) is 46.1 Å². The molecule has 27 heavy (non-hydrogen) atoms. The zero-order chi connectivity index (χ0) is 19.4. The van der Waals surface area contributed by atoms with Gasteiger partial charge in [-0.15, -0.1) is 0 Å². The van der Waals surface area contributed by atoms with E-state index in [9.17, 15) is 9.18 Å². The predicted molar refractivity (Wildman–Crippen MR) is 106 cm³/mol. The van der Waals surface area contributed by atoms with Crippen molar-refractivity contribution in [1.82, 2.24) is 4.90 Å². The summed E-state index contributed by atoms with van der Waals surface area (Å²) in [6.45, 7) is 9.20. The molecule has 1 aromatic carbocycles. The molecular formula is C22H29FN2O2. The number of carbonyl (C=O) groups excluding carboxylic acids is 1. The van der Waals surface area contributed by atoms with Crippen molar-refractivity contribution in [3.63, 3.8) is 0 Å². The minimum absolute atomic E-state index is 0.0417. The van der Waals surface area contributed by atoms with E-state index in [0.717, 1.165) is 32.5 Å². The van der Waals surface area contributed by atoms with Gasteiger partial charge in [-0.05, 0) is 68.5 Å². The molecule has 1 aliphatic rings. The van der Waals surface area contributed by atoms with Crippen molar-refractivity contribution in [3.05, 3.63) is 53.7 Å². The van der Waals surface area contributed by atoms with E-state index < -0.39 is 0 Å². The van der Waals surface area contributed by atoms with Gasteiger partial charge in [-0.25, -0.2) is 4.39 Å². The van der Waals surface area contributed by atoms with Crippen LogP contribution in [0, 0.1) is 18.7 Å². The van der Waals surface area contributed by atoms with Crippen LogP contribution in [-0.4, -0.2) is 36.5 Å². The van der Waals surface area contributed by atoms with Crippen LogP contribution in [-0.2, 0) is 0 Å². The normalized spacial score (nSPS) is 16.0. The summed E-state index contributed by atoms with van der Waals surface area (Å²) in [7, 11) is 0. The summed E-state index contributed by atoms with van der Waals surface area (Å²) >= 11 is 0. The molecule has 1 aromatic heterocycles. The van der Waals surface area contributed by atoms with Crippen molar-refractivity contribution in [1.29, 1.82) is 0 Å². The van der Waals surface area contributed by atoms with Gasteiger partial charge in [-0.2, -0.15) is 0 Å². The molecule has 1 fully saturated rings. The molecule has 0 saturated carbocycles. The van der Waals surface area contributed by atoms with Gasteiger partial charge < -0.3 is 14.2 Å². The topological polar surface area (TPSA) is 36.7 Å². The molecule has 146 valence electrons. The highest BCUT2D eigenvalue weighted by atomic mass is 19.1. The first kappa shape index (κ1) is 19.6. The van der Waals surface area contributed by atoms with Crippen LogP contribution in [0.25, 0.3) is 0 Å². The van der Waals surface area contributed by atoms with Crippen LogP contribution in [0.2, 0.25) is 0 Å². The number of furan rings is 1. The molecule has 0 spiro atoms. The lowest BCUT2D eigenvalue weighted by atomic mass is 10.0. The Bertz CT molecular complexity index is 750. The Hall–Kier alpha value is -2.14. The molecule has 0 aliphatic carbocycles. The number of hydrogen-bond donors (Lipinski definition) is 0. The van der Waals surface area contributed by atoms with Gasteiger partial charge in [0.1, 0.15) is 5.82 Å². The summed E-state index contributed by atoms with van der Waals surface area (Å²) in [5.41, 5.74) is 1.17. The first-order valence-corrected chi connectivity index (χ1v) is 9.81. The number of likely N-dealkylation sites (tertiary alicyclic amines) is 1. The number of halogens is 1. The number of carbonyl (C=O) groups is 1. The number of amides is 1. The summed E-state index contributed by atoms with van der Waals surface area (Å²) in [6, 6.07) is 8.42. The van der Waals surface area contributed by atoms with Gasteiger partial charge in [-0.1, -0.05) is 19.9 Å². The van der Waals surface area contributed by atoms with Crippen LogP contribution in [0.4, 0.5) is 10.1 Å². The monoisotopic (exact) mass is 372 g/mol. The molecule has 0 unspecified atom stereocenters. The van der Waals surface area contributed by atoms with E-state index >= 15 is 0 Å². The van der Waals surface area contributed by atoms with Crippen LogP contribution >= 0.6 is 0 Å². The van der Waals surface area contributed by atoms with Crippen LogP contribution < -0.4 is 4.90 Å². The molecule has 2 heterocycles. The van der Waals surface area contributed by atoms with Crippen LogP contribution in [0.3, 0.4) is 0 Å².